The summed E-state index contributed by atoms with van der Waals surface area (Å²) in [4.78, 5) is 30.8. The smallest absolute Gasteiger partial charge is 0.256 e. The molecule has 0 bridgehead atoms. The monoisotopic (exact) mass is 505 g/mol. The minimum absolute atomic E-state index is 0.165. The van der Waals surface area contributed by atoms with Gasteiger partial charge in [-0.1, -0.05) is 13.8 Å². The molecule has 1 fully saturated rings. The molecule has 2 amide bonds. The minimum atomic E-state index is -3.61. The van der Waals surface area contributed by atoms with Gasteiger partial charge in [0, 0.05) is 49.7 Å². The first-order chi connectivity index (χ1) is 16.2. The molecule has 9 nitrogen and oxygen atoms in total. The van der Waals surface area contributed by atoms with Gasteiger partial charge >= 0.3 is 0 Å². The van der Waals surface area contributed by atoms with Crippen molar-refractivity contribution in [1.29, 1.82) is 0 Å². The molecule has 0 spiro atoms. The van der Waals surface area contributed by atoms with E-state index in [1.165, 1.54) is 39.9 Å². The number of benzene rings is 1. The first-order valence-electron chi connectivity index (χ1n) is 11.5. The van der Waals surface area contributed by atoms with E-state index in [1.54, 1.807) is 0 Å². The lowest BCUT2D eigenvalue weighted by Crippen LogP contribution is -2.48. The molecular weight excluding hydrogens is 474 g/mol. The van der Waals surface area contributed by atoms with Gasteiger partial charge < -0.3 is 16.0 Å². The van der Waals surface area contributed by atoms with E-state index in [4.69, 9.17) is 5.73 Å². The third-order valence-corrected chi connectivity index (χ3v) is 9.63. The third-order valence-electron chi connectivity index (χ3n) is 6.59. The van der Waals surface area contributed by atoms with E-state index in [0.29, 0.717) is 48.7 Å². The number of thiophene rings is 1. The van der Waals surface area contributed by atoms with Gasteiger partial charge in [-0.3, -0.25) is 14.5 Å². The van der Waals surface area contributed by atoms with E-state index >= 15 is 0 Å². The molecule has 0 radical (unpaired) electrons. The van der Waals surface area contributed by atoms with E-state index in [0.717, 1.165) is 36.6 Å². The summed E-state index contributed by atoms with van der Waals surface area (Å²) in [5.74, 6) is -0.962. The van der Waals surface area contributed by atoms with Crippen LogP contribution in [0.4, 0.5) is 5.00 Å². The molecule has 11 heteroatoms. The number of amides is 2. The van der Waals surface area contributed by atoms with Crippen molar-refractivity contribution in [2.75, 3.05) is 51.1 Å². The second-order valence-corrected chi connectivity index (χ2v) is 11.6. The average Bonchev–Trinajstić information content (AvgIpc) is 3.21. The summed E-state index contributed by atoms with van der Waals surface area (Å²) in [6, 6.07) is 5.93. The van der Waals surface area contributed by atoms with Gasteiger partial charge in [0.15, 0.2) is 0 Å². The number of nitrogens with two attached hydrogens (primary N) is 1. The van der Waals surface area contributed by atoms with Crippen LogP contribution >= 0.6 is 11.3 Å². The van der Waals surface area contributed by atoms with Crippen LogP contribution in [0.3, 0.4) is 0 Å². The van der Waals surface area contributed by atoms with Gasteiger partial charge in [0.05, 0.1) is 10.5 Å². The second kappa shape index (κ2) is 10.1. The fourth-order valence-electron chi connectivity index (χ4n) is 4.46. The van der Waals surface area contributed by atoms with Crippen molar-refractivity contribution in [2.24, 2.45) is 5.73 Å². The summed E-state index contributed by atoms with van der Waals surface area (Å²) in [5.41, 5.74) is 7.26. The zero-order chi connectivity index (χ0) is 24.5. The maximum absolute atomic E-state index is 13.0. The third kappa shape index (κ3) is 4.89. The largest absolute Gasteiger partial charge is 0.365 e. The zero-order valence-electron chi connectivity index (χ0n) is 19.5. The van der Waals surface area contributed by atoms with Crippen molar-refractivity contribution in [3.63, 3.8) is 0 Å². The van der Waals surface area contributed by atoms with Crippen molar-refractivity contribution >= 4 is 38.2 Å². The maximum atomic E-state index is 13.0. The highest BCUT2D eigenvalue weighted by atomic mass is 32.2. The standard InChI is InChI=1S/C23H31N5O4S2/c1-3-26-11-13-28(14-12-26)34(31,32)17-7-5-16(6-8-17)22(30)25-23-20(21(24)29)18-9-10-27(4-2)15-19(18)33-23/h5-8H,3-4,9-15H2,1-2H3,(H2,24,29)(H,25,30). The quantitative estimate of drug-likeness (QED) is 0.593. The van der Waals surface area contributed by atoms with Gasteiger partial charge in [-0.2, -0.15) is 4.31 Å². The highest BCUT2D eigenvalue weighted by Crippen LogP contribution is 2.37. The molecule has 184 valence electrons. The van der Waals surface area contributed by atoms with Crippen LogP contribution in [0.5, 0.6) is 0 Å². The second-order valence-electron chi connectivity index (χ2n) is 8.51. The van der Waals surface area contributed by atoms with E-state index < -0.39 is 21.8 Å². The van der Waals surface area contributed by atoms with E-state index in [-0.39, 0.29) is 4.90 Å². The zero-order valence-corrected chi connectivity index (χ0v) is 21.2. The molecule has 0 atom stereocenters. The number of sulfonamides is 1. The fraction of sp³-hybridized carbons (Fsp3) is 0.478. The normalized spacial score (nSPS) is 17.9. The number of hydrogen-bond donors (Lipinski definition) is 2. The molecule has 1 saturated heterocycles. The van der Waals surface area contributed by atoms with Crippen molar-refractivity contribution in [3.05, 3.63) is 45.8 Å². The summed E-state index contributed by atoms with van der Waals surface area (Å²) in [5, 5.41) is 3.28. The van der Waals surface area contributed by atoms with Crippen molar-refractivity contribution in [3.8, 4) is 0 Å². The van der Waals surface area contributed by atoms with E-state index in [2.05, 4.69) is 29.0 Å². The van der Waals surface area contributed by atoms with E-state index in [9.17, 15) is 18.0 Å². The van der Waals surface area contributed by atoms with Gasteiger partial charge in [0.25, 0.3) is 11.8 Å². The van der Waals surface area contributed by atoms with Gasteiger partial charge in [-0.05, 0) is 49.3 Å². The van der Waals surface area contributed by atoms with Crippen LogP contribution < -0.4 is 11.1 Å². The Hall–Kier alpha value is -2.31. The molecule has 2 aromatic rings. The number of fused-ring (bicyclic) bond motifs is 1. The van der Waals surface area contributed by atoms with Crippen LogP contribution in [0.1, 0.15) is 45.0 Å². The number of piperazine rings is 1. The molecule has 3 heterocycles. The average molecular weight is 506 g/mol. The number of likely N-dealkylation sites (N-methyl/N-ethyl adjacent to an activating group) is 2. The Morgan fingerprint density at radius 1 is 1.00 bits per heavy atom. The molecule has 2 aliphatic rings. The van der Waals surface area contributed by atoms with Gasteiger partial charge in [-0.15, -0.1) is 11.3 Å². The molecule has 4 rings (SSSR count). The minimum Gasteiger partial charge on any atom is -0.365 e. The molecule has 0 unspecified atom stereocenters. The van der Waals surface area contributed by atoms with Crippen LogP contribution in [0, 0.1) is 0 Å². The van der Waals surface area contributed by atoms with Crippen molar-refractivity contribution in [1.82, 2.24) is 14.1 Å². The lowest BCUT2D eigenvalue weighted by atomic mass is 10.0. The Kier molecular flexibility index (Phi) is 7.39. The predicted molar refractivity (Wildman–Crippen MR) is 133 cm³/mol. The van der Waals surface area contributed by atoms with Crippen LogP contribution in [0.15, 0.2) is 29.2 Å². The summed E-state index contributed by atoms with van der Waals surface area (Å²) in [6.45, 7) is 9.85. The number of carbonyl (C=O) groups excluding carboxylic acids is 2. The highest BCUT2D eigenvalue weighted by molar-refractivity contribution is 7.89. The van der Waals surface area contributed by atoms with Gasteiger partial charge in [0.2, 0.25) is 10.0 Å². The van der Waals surface area contributed by atoms with Crippen molar-refractivity contribution < 1.29 is 18.0 Å². The van der Waals surface area contributed by atoms with Crippen LogP contribution in [-0.4, -0.2) is 80.2 Å². The van der Waals surface area contributed by atoms with E-state index in [1.807, 2.05) is 0 Å². The number of anilines is 1. The Morgan fingerprint density at radius 3 is 2.24 bits per heavy atom. The molecule has 0 saturated carbocycles. The topological polar surface area (TPSA) is 116 Å². The molecule has 34 heavy (non-hydrogen) atoms. The SMILES string of the molecule is CCN1CCN(S(=O)(=O)c2ccc(C(=O)Nc3sc4c(c3C(N)=O)CCN(CC)C4)cc2)CC1. The first-order valence-corrected chi connectivity index (χ1v) is 13.8. The van der Waals surface area contributed by atoms with Gasteiger partial charge in [0.1, 0.15) is 5.00 Å². The highest BCUT2D eigenvalue weighted by Gasteiger charge is 2.29. The van der Waals surface area contributed by atoms with Crippen LogP contribution in [0.2, 0.25) is 0 Å². The molecule has 1 aromatic carbocycles. The van der Waals surface area contributed by atoms with Crippen LogP contribution in [0.25, 0.3) is 0 Å². The number of nitrogens with zero attached hydrogens (tertiary/aromatic N) is 3. The number of primary amides is 1. The number of carbonyl (C=O) groups is 2. The Balaban J connectivity index is 1.50. The summed E-state index contributed by atoms with van der Waals surface area (Å²) in [6.07, 6.45) is 0.715. The first kappa shape index (κ1) is 24.8. The Morgan fingerprint density at radius 2 is 1.65 bits per heavy atom. The molecule has 2 aliphatic heterocycles. The van der Waals surface area contributed by atoms with Crippen LogP contribution in [-0.2, 0) is 23.0 Å². The number of rotatable bonds is 7. The maximum Gasteiger partial charge on any atom is 0.256 e. The number of nitrogens with one attached hydrogen (secondary N) is 1. The Bertz CT molecular complexity index is 1170. The summed E-state index contributed by atoms with van der Waals surface area (Å²) < 4.78 is 27.5. The molecule has 1 aromatic heterocycles. The summed E-state index contributed by atoms with van der Waals surface area (Å²) in [7, 11) is -3.61. The fourth-order valence-corrected chi connectivity index (χ4v) is 7.18. The summed E-state index contributed by atoms with van der Waals surface area (Å²) >= 11 is 1.38. The molecular formula is C23H31N5O4S2. The van der Waals surface area contributed by atoms with Gasteiger partial charge in [-0.25, -0.2) is 8.42 Å². The Labute approximate surface area is 204 Å². The van der Waals surface area contributed by atoms with Crippen molar-refractivity contribution in [2.45, 2.75) is 31.7 Å². The lowest BCUT2D eigenvalue weighted by Gasteiger charge is -2.33. The molecule has 0 aliphatic carbocycles. The predicted octanol–water partition coefficient (Wildman–Crippen LogP) is 1.80. The lowest BCUT2D eigenvalue weighted by molar-refractivity contribution is 0.1000. The number of hydrogen-bond acceptors (Lipinski definition) is 7. The molecule has 3 N–H and O–H groups in total.